The monoisotopic (exact) mass is 258 g/mol. The minimum absolute atomic E-state index is 0.0340. The number of benzene rings is 1. The Kier molecular flexibility index (Phi) is 4.55. The quantitative estimate of drug-likeness (QED) is 0.776. The Morgan fingerprint density at radius 1 is 1.32 bits per heavy atom. The van der Waals surface area contributed by atoms with E-state index in [1.54, 1.807) is 12.5 Å². The lowest BCUT2D eigenvalue weighted by atomic mass is 10.2. The van der Waals surface area contributed by atoms with Gasteiger partial charge in [0.2, 0.25) is 0 Å². The van der Waals surface area contributed by atoms with Gasteiger partial charge in [-0.2, -0.15) is 0 Å². The number of aryl methyl sites for hydroxylation is 1. The largest absolute Gasteiger partial charge is 0.388 e. The molecule has 2 N–H and O–H groups in total. The summed E-state index contributed by atoms with van der Waals surface area (Å²) in [5.74, 6) is -0.0340. The number of hydrogen-bond acceptors (Lipinski definition) is 3. The number of aromatic nitrogens is 2. The molecule has 0 radical (unpaired) electrons. The Hall–Kier alpha value is -2.30. The highest BCUT2D eigenvalue weighted by atomic mass is 16.1. The number of carbonyl (C=O) groups is 1. The highest BCUT2D eigenvalue weighted by molar-refractivity contribution is 5.94. The molecule has 1 aromatic carbocycles. The lowest BCUT2D eigenvalue weighted by Crippen LogP contribution is -2.25. The first-order valence-electron chi connectivity index (χ1n) is 6.31. The molecule has 0 aliphatic heterocycles. The molecule has 1 aromatic heterocycles. The predicted octanol–water partition coefficient (Wildman–Crippen LogP) is 1.74. The van der Waals surface area contributed by atoms with Crippen LogP contribution in [0, 0.1) is 0 Å². The molecule has 0 unspecified atom stereocenters. The van der Waals surface area contributed by atoms with Gasteiger partial charge in [-0.25, -0.2) is 4.98 Å². The van der Waals surface area contributed by atoms with Crippen LogP contribution >= 0.6 is 0 Å². The molecular formula is C14H18N4O. The van der Waals surface area contributed by atoms with Crippen molar-refractivity contribution in [2.24, 2.45) is 0 Å². The van der Waals surface area contributed by atoms with Gasteiger partial charge in [0, 0.05) is 43.8 Å². The van der Waals surface area contributed by atoms with Gasteiger partial charge < -0.3 is 15.2 Å². The minimum atomic E-state index is -0.0340. The molecule has 2 rings (SSSR count). The van der Waals surface area contributed by atoms with Gasteiger partial charge in [0.15, 0.2) is 0 Å². The normalized spacial score (nSPS) is 10.2. The molecule has 0 fully saturated rings. The molecule has 2 aromatic rings. The first-order chi connectivity index (χ1) is 9.29. The fourth-order valence-corrected chi connectivity index (χ4v) is 1.77. The minimum Gasteiger partial charge on any atom is -0.388 e. The van der Waals surface area contributed by atoms with E-state index in [9.17, 15) is 4.79 Å². The van der Waals surface area contributed by atoms with Crippen LogP contribution in [0.4, 0.5) is 5.69 Å². The Bertz CT molecular complexity index is 505. The van der Waals surface area contributed by atoms with Crippen LogP contribution in [-0.2, 0) is 6.54 Å². The third-order valence-corrected chi connectivity index (χ3v) is 2.87. The number of rotatable bonds is 6. The maximum Gasteiger partial charge on any atom is 0.251 e. The molecule has 0 bridgehead atoms. The first-order valence-corrected chi connectivity index (χ1v) is 6.31. The van der Waals surface area contributed by atoms with Gasteiger partial charge in [-0.15, -0.1) is 0 Å². The van der Waals surface area contributed by atoms with Crippen LogP contribution < -0.4 is 10.6 Å². The van der Waals surface area contributed by atoms with Crippen LogP contribution in [0.3, 0.4) is 0 Å². The van der Waals surface area contributed by atoms with Crippen molar-refractivity contribution >= 4 is 11.6 Å². The summed E-state index contributed by atoms with van der Waals surface area (Å²) in [6.45, 7) is 1.52. The topological polar surface area (TPSA) is 59.0 Å². The number of carbonyl (C=O) groups excluding carboxylic acids is 1. The van der Waals surface area contributed by atoms with Crippen LogP contribution in [0.5, 0.6) is 0 Å². The van der Waals surface area contributed by atoms with E-state index in [2.05, 4.69) is 15.6 Å². The molecule has 100 valence electrons. The van der Waals surface area contributed by atoms with Gasteiger partial charge in [-0.3, -0.25) is 4.79 Å². The molecule has 0 spiro atoms. The van der Waals surface area contributed by atoms with E-state index < -0.39 is 0 Å². The fourth-order valence-electron chi connectivity index (χ4n) is 1.77. The zero-order valence-corrected chi connectivity index (χ0v) is 11.0. The molecule has 0 atom stereocenters. The number of nitrogens with zero attached hydrogens (tertiary/aromatic N) is 2. The molecule has 5 nitrogen and oxygen atoms in total. The van der Waals surface area contributed by atoms with Crippen LogP contribution in [0.25, 0.3) is 0 Å². The molecule has 19 heavy (non-hydrogen) atoms. The lowest BCUT2D eigenvalue weighted by molar-refractivity contribution is 0.0953. The predicted molar refractivity (Wildman–Crippen MR) is 75.2 cm³/mol. The number of imidazole rings is 1. The van der Waals surface area contributed by atoms with Crippen molar-refractivity contribution in [1.82, 2.24) is 14.9 Å². The van der Waals surface area contributed by atoms with Crippen molar-refractivity contribution in [3.63, 3.8) is 0 Å². The van der Waals surface area contributed by atoms with Crippen molar-refractivity contribution in [2.45, 2.75) is 13.0 Å². The molecule has 5 heteroatoms. The molecule has 1 amide bonds. The van der Waals surface area contributed by atoms with Gasteiger partial charge in [0.05, 0.1) is 6.33 Å². The molecule has 0 aliphatic rings. The standard InChI is InChI=1S/C14H18N4O/c1-15-13-5-3-12(4-6-13)14(19)17-7-2-9-18-10-8-16-11-18/h3-6,8,10-11,15H,2,7,9H2,1H3,(H,17,19). The van der Waals surface area contributed by atoms with Crippen LogP contribution in [0.15, 0.2) is 43.0 Å². The SMILES string of the molecule is CNc1ccc(C(=O)NCCCn2ccnc2)cc1. The van der Waals surface area contributed by atoms with Crippen molar-refractivity contribution in [1.29, 1.82) is 0 Å². The van der Waals surface area contributed by atoms with Crippen molar-refractivity contribution < 1.29 is 4.79 Å². The van der Waals surface area contributed by atoms with Gasteiger partial charge in [0.1, 0.15) is 0 Å². The van der Waals surface area contributed by atoms with Gasteiger partial charge >= 0.3 is 0 Å². The highest BCUT2D eigenvalue weighted by Crippen LogP contribution is 2.08. The zero-order valence-electron chi connectivity index (χ0n) is 11.0. The van der Waals surface area contributed by atoms with Crippen LogP contribution in [0.1, 0.15) is 16.8 Å². The highest BCUT2D eigenvalue weighted by Gasteiger charge is 2.03. The molecular weight excluding hydrogens is 240 g/mol. The average molecular weight is 258 g/mol. The first kappa shape index (κ1) is 13.1. The summed E-state index contributed by atoms with van der Waals surface area (Å²) in [6, 6.07) is 7.41. The molecule has 0 saturated carbocycles. The maximum atomic E-state index is 11.9. The van der Waals surface area contributed by atoms with Crippen molar-refractivity contribution in [3.05, 3.63) is 48.5 Å². The molecule has 0 aliphatic carbocycles. The van der Waals surface area contributed by atoms with Gasteiger partial charge in [-0.1, -0.05) is 0 Å². The van der Waals surface area contributed by atoms with E-state index >= 15 is 0 Å². The third kappa shape index (κ3) is 3.84. The molecule has 0 saturated heterocycles. The second-order valence-electron chi connectivity index (χ2n) is 4.24. The van der Waals surface area contributed by atoms with Gasteiger partial charge in [-0.05, 0) is 30.7 Å². The summed E-state index contributed by atoms with van der Waals surface area (Å²) in [7, 11) is 1.85. The van der Waals surface area contributed by atoms with Crippen molar-refractivity contribution in [2.75, 3.05) is 18.9 Å². The summed E-state index contributed by atoms with van der Waals surface area (Å²) in [4.78, 5) is 15.8. The summed E-state index contributed by atoms with van der Waals surface area (Å²) < 4.78 is 1.99. The van der Waals surface area contributed by atoms with Crippen LogP contribution in [-0.4, -0.2) is 29.1 Å². The molecule has 1 heterocycles. The third-order valence-electron chi connectivity index (χ3n) is 2.87. The van der Waals surface area contributed by atoms with Crippen molar-refractivity contribution in [3.8, 4) is 0 Å². The number of nitrogens with one attached hydrogen (secondary N) is 2. The summed E-state index contributed by atoms with van der Waals surface area (Å²) in [6.07, 6.45) is 6.33. The Balaban J connectivity index is 1.74. The summed E-state index contributed by atoms with van der Waals surface area (Å²) >= 11 is 0. The number of hydrogen-bond donors (Lipinski definition) is 2. The zero-order chi connectivity index (χ0) is 13.5. The van der Waals surface area contributed by atoms with E-state index in [1.807, 2.05) is 42.1 Å². The van der Waals surface area contributed by atoms with Crippen LogP contribution in [0.2, 0.25) is 0 Å². The van der Waals surface area contributed by atoms with E-state index in [0.29, 0.717) is 12.1 Å². The lowest BCUT2D eigenvalue weighted by Gasteiger charge is -2.06. The fraction of sp³-hybridized carbons (Fsp3) is 0.286. The average Bonchev–Trinajstić information content (AvgIpc) is 2.96. The second kappa shape index (κ2) is 6.58. The van der Waals surface area contributed by atoms with E-state index in [0.717, 1.165) is 18.7 Å². The Morgan fingerprint density at radius 2 is 2.11 bits per heavy atom. The Morgan fingerprint density at radius 3 is 2.74 bits per heavy atom. The smallest absolute Gasteiger partial charge is 0.251 e. The summed E-state index contributed by atoms with van der Waals surface area (Å²) in [5.41, 5.74) is 1.68. The number of anilines is 1. The van der Waals surface area contributed by atoms with E-state index in [4.69, 9.17) is 0 Å². The van der Waals surface area contributed by atoms with Gasteiger partial charge in [0.25, 0.3) is 5.91 Å². The second-order valence-corrected chi connectivity index (χ2v) is 4.24. The Labute approximate surface area is 112 Å². The summed E-state index contributed by atoms with van der Waals surface area (Å²) in [5, 5.41) is 5.93. The van der Waals surface area contributed by atoms with E-state index in [1.165, 1.54) is 0 Å². The number of amides is 1. The maximum absolute atomic E-state index is 11.9. The van der Waals surface area contributed by atoms with E-state index in [-0.39, 0.29) is 5.91 Å².